The Kier molecular flexibility index (Phi) is 3.24. The predicted molar refractivity (Wildman–Crippen MR) is 47.7 cm³/mol. The molecule has 1 amide bonds. The zero-order chi connectivity index (χ0) is 10.6. The summed E-state index contributed by atoms with van der Waals surface area (Å²) in [6.45, 7) is -0.604. The summed E-state index contributed by atoms with van der Waals surface area (Å²) in [4.78, 5) is 24.2. The summed E-state index contributed by atoms with van der Waals surface area (Å²) >= 11 is 0. The van der Waals surface area contributed by atoms with Crippen LogP contribution >= 0.6 is 0 Å². The Hall–Kier alpha value is -1.82. The molecule has 0 aliphatic rings. The lowest BCUT2D eigenvalue weighted by Crippen LogP contribution is -2.22. The molecule has 76 valence electrons. The highest BCUT2D eigenvalue weighted by molar-refractivity contribution is 5.75. The van der Waals surface area contributed by atoms with Crippen molar-refractivity contribution in [1.29, 1.82) is 0 Å². The summed E-state index contributed by atoms with van der Waals surface area (Å²) < 4.78 is 4.80. The number of aromatic nitrogens is 1. The van der Waals surface area contributed by atoms with Crippen molar-refractivity contribution < 1.29 is 14.6 Å². The number of ether oxygens (including phenoxy) is 1. The van der Waals surface area contributed by atoms with Gasteiger partial charge in [-0.3, -0.25) is 9.59 Å². The Morgan fingerprint density at radius 1 is 1.64 bits per heavy atom. The zero-order valence-electron chi connectivity index (χ0n) is 7.32. The third-order valence-corrected chi connectivity index (χ3v) is 1.48. The number of H-pyrrole nitrogens is 1. The van der Waals surface area contributed by atoms with Gasteiger partial charge >= 0.3 is 0 Å². The predicted octanol–water partition coefficient (Wildman–Crippen LogP) is -1.27. The second kappa shape index (κ2) is 4.43. The minimum atomic E-state index is -0.657. The van der Waals surface area contributed by atoms with Gasteiger partial charge < -0.3 is 20.6 Å². The van der Waals surface area contributed by atoms with Crippen LogP contribution in [0.3, 0.4) is 0 Å². The number of carbonyl (C=O) groups excluding carboxylic acids is 1. The van der Waals surface area contributed by atoms with Crippen LogP contribution in [0.5, 0.6) is 5.75 Å². The summed E-state index contributed by atoms with van der Waals surface area (Å²) in [5.41, 5.74) is 4.80. The molecule has 14 heavy (non-hydrogen) atoms. The van der Waals surface area contributed by atoms with E-state index in [4.69, 9.17) is 15.6 Å². The number of hydrogen-bond donors (Lipinski definition) is 3. The van der Waals surface area contributed by atoms with E-state index >= 15 is 0 Å². The van der Waals surface area contributed by atoms with E-state index in [1.54, 1.807) is 0 Å². The van der Waals surface area contributed by atoms with E-state index in [1.807, 2.05) is 0 Å². The van der Waals surface area contributed by atoms with Gasteiger partial charge in [0, 0.05) is 18.0 Å². The second-order valence-electron chi connectivity index (χ2n) is 2.60. The van der Waals surface area contributed by atoms with E-state index in [0.29, 0.717) is 5.69 Å². The number of aliphatic hydroxyl groups is 1. The summed E-state index contributed by atoms with van der Waals surface area (Å²) in [6, 6.07) is 1.19. The van der Waals surface area contributed by atoms with Crippen LogP contribution in [0.4, 0.5) is 0 Å². The number of pyridine rings is 1. The lowest BCUT2D eigenvalue weighted by molar-refractivity contribution is -0.119. The normalized spacial score (nSPS) is 9.79. The third-order valence-electron chi connectivity index (χ3n) is 1.48. The molecule has 4 N–H and O–H groups in total. The van der Waals surface area contributed by atoms with E-state index in [2.05, 4.69) is 4.98 Å². The van der Waals surface area contributed by atoms with E-state index in [0.717, 1.165) is 0 Å². The monoisotopic (exact) mass is 198 g/mol. The summed E-state index contributed by atoms with van der Waals surface area (Å²) in [5, 5.41) is 8.69. The number of aliphatic hydroxyl groups excluding tert-OH is 1. The van der Waals surface area contributed by atoms with Crippen LogP contribution in [0.2, 0.25) is 0 Å². The Morgan fingerprint density at radius 2 is 2.36 bits per heavy atom. The second-order valence-corrected chi connectivity index (χ2v) is 2.60. The molecule has 0 fully saturated rings. The Balaban J connectivity index is 2.79. The van der Waals surface area contributed by atoms with Crippen molar-refractivity contribution in [3.05, 3.63) is 28.2 Å². The van der Waals surface area contributed by atoms with Crippen LogP contribution in [0.1, 0.15) is 5.69 Å². The Morgan fingerprint density at radius 3 is 2.86 bits per heavy atom. The first-order valence-corrected chi connectivity index (χ1v) is 3.87. The molecular formula is C8H10N2O4. The first kappa shape index (κ1) is 10.3. The van der Waals surface area contributed by atoms with Crippen LogP contribution in [-0.4, -0.2) is 22.6 Å². The van der Waals surface area contributed by atoms with Gasteiger partial charge in [0.1, 0.15) is 0 Å². The smallest absolute Gasteiger partial charge is 0.255 e. The van der Waals surface area contributed by atoms with Gasteiger partial charge in [0.2, 0.25) is 5.43 Å². The zero-order valence-corrected chi connectivity index (χ0v) is 7.32. The molecule has 0 spiro atoms. The molecule has 0 saturated carbocycles. The highest BCUT2D eigenvalue weighted by Gasteiger charge is 2.03. The molecule has 0 aliphatic carbocycles. The average molecular weight is 198 g/mol. The molecular weight excluding hydrogens is 188 g/mol. The molecule has 0 radical (unpaired) electrons. The summed E-state index contributed by atoms with van der Waals surface area (Å²) in [5.74, 6) is -0.656. The molecule has 1 heterocycles. The number of nitrogens with two attached hydrogens (primary N) is 1. The maximum atomic E-state index is 11.2. The van der Waals surface area contributed by atoms with E-state index < -0.39 is 11.3 Å². The maximum absolute atomic E-state index is 11.2. The molecule has 0 unspecified atom stereocenters. The fourth-order valence-corrected chi connectivity index (χ4v) is 0.853. The molecule has 1 aromatic heterocycles. The lowest BCUT2D eigenvalue weighted by atomic mass is 10.3. The molecule has 0 aromatic carbocycles. The van der Waals surface area contributed by atoms with Crippen LogP contribution < -0.4 is 15.9 Å². The van der Waals surface area contributed by atoms with Gasteiger partial charge in [-0.05, 0) is 0 Å². The third kappa shape index (κ3) is 2.60. The van der Waals surface area contributed by atoms with Gasteiger partial charge in [-0.25, -0.2) is 0 Å². The van der Waals surface area contributed by atoms with E-state index in [9.17, 15) is 9.59 Å². The van der Waals surface area contributed by atoms with E-state index in [1.165, 1.54) is 12.3 Å². The number of nitrogens with one attached hydrogen (secondary N) is 1. The molecule has 0 saturated heterocycles. The molecule has 0 atom stereocenters. The van der Waals surface area contributed by atoms with Crippen LogP contribution in [0.15, 0.2) is 17.1 Å². The molecule has 0 bridgehead atoms. The molecule has 6 heteroatoms. The highest BCUT2D eigenvalue weighted by atomic mass is 16.5. The standard InChI is InChI=1S/C8H10N2O4/c9-8(13)4-14-7-2-10-5(3-11)1-6(7)12/h1-2,11H,3-4H2,(H2,9,13)(H,10,12). The summed E-state index contributed by atoms with van der Waals surface area (Å²) in [6.07, 6.45) is 1.27. The van der Waals surface area contributed by atoms with Gasteiger partial charge in [-0.1, -0.05) is 0 Å². The number of aromatic amines is 1. The van der Waals surface area contributed by atoms with Crippen molar-refractivity contribution in [1.82, 2.24) is 4.98 Å². The molecule has 1 aromatic rings. The van der Waals surface area contributed by atoms with Crippen LogP contribution in [0, 0.1) is 0 Å². The van der Waals surface area contributed by atoms with Gasteiger partial charge in [0.05, 0.1) is 6.61 Å². The SMILES string of the molecule is NC(=O)COc1c[nH]c(CO)cc1=O. The fourth-order valence-electron chi connectivity index (χ4n) is 0.853. The minimum absolute atomic E-state index is 0.000926. The first-order valence-electron chi connectivity index (χ1n) is 3.87. The number of primary amides is 1. The topological polar surface area (TPSA) is 105 Å². The van der Waals surface area contributed by atoms with Gasteiger partial charge in [-0.2, -0.15) is 0 Å². The number of carbonyl (C=O) groups is 1. The van der Waals surface area contributed by atoms with Crippen molar-refractivity contribution in [2.45, 2.75) is 6.61 Å². The van der Waals surface area contributed by atoms with Crippen molar-refractivity contribution in [3.63, 3.8) is 0 Å². The molecule has 6 nitrogen and oxygen atoms in total. The van der Waals surface area contributed by atoms with Gasteiger partial charge in [-0.15, -0.1) is 0 Å². The van der Waals surface area contributed by atoms with Crippen molar-refractivity contribution in [2.24, 2.45) is 5.73 Å². The van der Waals surface area contributed by atoms with Gasteiger partial charge in [0.25, 0.3) is 5.91 Å². The Bertz CT molecular complexity index is 385. The van der Waals surface area contributed by atoms with Crippen LogP contribution in [-0.2, 0) is 11.4 Å². The number of hydrogen-bond acceptors (Lipinski definition) is 4. The van der Waals surface area contributed by atoms with Gasteiger partial charge in [0.15, 0.2) is 12.4 Å². The quantitative estimate of drug-likeness (QED) is 0.561. The molecule has 1 rings (SSSR count). The molecule has 0 aliphatic heterocycles. The highest BCUT2D eigenvalue weighted by Crippen LogP contribution is 2.01. The summed E-state index contributed by atoms with van der Waals surface area (Å²) in [7, 11) is 0. The van der Waals surface area contributed by atoms with Crippen LogP contribution in [0.25, 0.3) is 0 Å². The van der Waals surface area contributed by atoms with E-state index in [-0.39, 0.29) is 19.0 Å². The Labute approximate surface area is 79.3 Å². The lowest BCUT2D eigenvalue weighted by Gasteiger charge is -2.02. The fraction of sp³-hybridized carbons (Fsp3) is 0.250. The average Bonchev–Trinajstić information content (AvgIpc) is 2.15. The first-order chi connectivity index (χ1) is 6.63. The van der Waals surface area contributed by atoms with Crippen molar-refractivity contribution in [3.8, 4) is 5.75 Å². The van der Waals surface area contributed by atoms with Crippen molar-refractivity contribution in [2.75, 3.05) is 6.61 Å². The van der Waals surface area contributed by atoms with Crippen molar-refractivity contribution >= 4 is 5.91 Å². The maximum Gasteiger partial charge on any atom is 0.255 e. The largest absolute Gasteiger partial charge is 0.478 e. The number of rotatable bonds is 4. The minimum Gasteiger partial charge on any atom is -0.478 e. The number of amides is 1.